The highest BCUT2D eigenvalue weighted by molar-refractivity contribution is 6.09. The summed E-state index contributed by atoms with van der Waals surface area (Å²) in [4.78, 5) is 24.9. The maximum Gasteiger partial charge on any atom is 0.293 e. The van der Waals surface area contributed by atoms with E-state index in [1.54, 1.807) is 37.3 Å². The average molecular weight is 340 g/mol. The second-order valence-electron chi connectivity index (χ2n) is 5.71. The Morgan fingerprint density at radius 3 is 2.76 bits per heavy atom. The van der Waals surface area contributed by atoms with Crippen molar-refractivity contribution in [2.75, 3.05) is 30.0 Å². The molecule has 9 nitrogen and oxygen atoms in total. The van der Waals surface area contributed by atoms with Gasteiger partial charge >= 0.3 is 0 Å². The molecule has 0 radical (unpaired) electrons. The van der Waals surface area contributed by atoms with Gasteiger partial charge in [0.15, 0.2) is 0 Å². The van der Waals surface area contributed by atoms with E-state index in [1.807, 2.05) is 6.07 Å². The number of amides is 1. The van der Waals surface area contributed by atoms with Gasteiger partial charge in [-0.2, -0.15) is 5.10 Å². The van der Waals surface area contributed by atoms with Gasteiger partial charge in [0.2, 0.25) is 0 Å². The molecule has 25 heavy (non-hydrogen) atoms. The van der Waals surface area contributed by atoms with Gasteiger partial charge in [0.1, 0.15) is 5.69 Å². The summed E-state index contributed by atoms with van der Waals surface area (Å²) in [7, 11) is 3.46. The number of carbonyl (C=O) groups is 1. The van der Waals surface area contributed by atoms with Gasteiger partial charge in [0, 0.05) is 31.2 Å². The van der Waals surface area contributed by atoms with Gasteiger partial charge in [-0.3, -0.25) is 20.0 Å². The standard InChI is InChI=1S/C16H16N6O3/c1-21(2)14-7-12(17)15(22(24)25)6-11(14)16(23)19-10-4-3-9-8-18-20-13(9)5-10/h3-8H,17H2,1-2H3,(H,18,20)(H,19,23). The first-order valence-electron chi connectivity index (χ1n) is 7.36. The molecule has 0 saturated carbocycles. The zero-order valence-corrected chi connectivity index (χ0v) is 13.6. The van der Waals surface area contributed by atoms with Gasteiger partial charge in [0.05, 0.1) is 27.9 Å². The van der Waals surface area contributed by atoms with Crippen LogP contribution in [0.5, 0.6) is 0 Å². The van der Waals surface area contributed by atoms with Crippen LogP contribution in [0.25, 0.3) is 10.9 Å². The summed E-state index contributed by atoms with van der Waals surface area (Å²) < 4.78 is 0. The summed E-state index contributed by atoms with van der Waals surface area (Å²) in [5.74, 6) is -0.467. The predicted molar refractivity (Wildman–Crippen MR) is 95.9 cm³/mol. The number of fused-ring (bicyclic) bond motifs is 1. The van der Waals surface area contributed by atoms with Crippen molar-refractivity contribution < 1.29 is 9.72 Å². The van der Waals surface area contributed by atoms with Crippen LogP contribution < -0.4 is 16.0 Å². The number of carbonyl (C=O) groups excluding carboxylic acids is 1. The Hall–Kier alpha value is -3.62. The molecule has 0 spiro atoms. The van der Waals surface area contributed by atoms with Crippen LogP contribution in [-0.2, 0) is 0 Å². The molecule has 0 unspecified atom stereocenters. The maximum atomic E-state index is 12.7. The third kappa shape index (κ3) is 3.07. The van der Waals surface area contributed by atoms with E-state index in [0.717, 1.165) is 10.9 Å². The number of hydrogen-bond donors (Lipinski definition) is 3. The number of aromatic amines is 1. The Balaban J connectivity index is 1.99. The molecule has 0 aliphatic rings. The van der Waals surface area contributed by atoms with Crippen LogP contribution in [0.15, 0.2) is 36.5 Å². The van der Waals surface area contributed by atoms with Crippen molar-refractivity contribution in [3.05, 3.63) is 52.2 Å². The number of anilines is 3. The van der Waals surface area contributed by atoms with Gasteiger partial charge in [-0.15, -0.1) is 0 Å². The molecule has 2 aromatic carbocycles. The largest absolute Gasteiger partial charge is 0.393 e. The molecule has 0 fully saturated rings. The fourth-order valence-electron chi connectivity index (χ4n) is 2.52. The molecule has 3 aromatic rings. The molecule has 0 aliphatic carbocycles. The highest BCUT2D eigenvalue weighted by Crippen LogP contribution is 2.31. The summed E-state index contributed by atoms with van der Waals surface area (Å²) in [5.41, 5.74) is 7.39. The van der Waals surface area contributed by atoms with E-state index < -0.39 is 10.8 Å². The summed E-state index contributed by atoms with van der Waals surface area (Å²) in [5, 5.41) is 21.5. The third-order valence-electron chi connectivity index (χ3n) is 3.77. The first kappa shape index (κ1) is 16.2. The van der Waals surface area contributed by atoms with E-state index in [4.69, 9.17) is 5.73 Å². The van der Waals surface area contributed by atoms with Crippen LogP contribution in [-0.4, -0.2) is 35.1 Å². The van der Waals surface area contributed by atoms with Gasteiger partial charge < -0.3 is 16.0 Å². The van der Waals surface area contributed by atoms with Crippen LogP contribution in [0, 0.1) is 10.1 Å². The number of aromatic nitrogens is 2. The third-order valence-corrected chi connectivity index (χ3v) is 3.77. The number of H-pyrrole nitrogens is 1. The van der Waals surface area contributed by atoms with E-state index in [1.165, 1.54) is 12.1 Å². The summed E-state index contributed by atoms with van der Waals surface area (Å²) >= 11 is 0. The lowest BCUT2D eigenvalue weighted by Gasteiger charge is -2.18. The van der Waals surface area contributed by atoms with E-state index in [-0.39, 0.29) is 16.9 Å². The first-order chi connectivity index (χ1) is 11.9. The molecule has 1 heterocycles. The number of nitro groups is 1. The summed E-state index contributed by atoms with van der Waals surface area (Å²) in [6, 6.07) is 7.89. The second kappa shape index (κ2) is 6.11. The molecule has 128 valence electrons. The number of nitro benzene ring substituents is 1. The van der Waals surface area contributed by atoms with Crippen LogP contribution in [0.1, 0.15) is 10.4 Å². The lowest BCUT2D eigenvalue weighted by Crippen LogP contribution is -2.19. The highest BCUT2D eigenvalue weighted by atomic mass is 16.6. The molecule has 0 aliphatic heterocycles. The molecule has 1 aromatic heterocycles. The number of rotatable bonds is 4. The normalized spacial score (nSPS) is 10.6. The second-order valence-corrected chi connectivity index (χ2v) is 5.71. The number of hydrogen-bond acceptors (Lipinski definition) is 6. The lowest BCUT2D eigenvalue weighted by molar-refractivity contribution is -0.383. The Kier molecular flexibility index (Phi) is 3.97. The summed E-state index contributed by atoms with van der Waals surface area (Å²) in [6.07, 6.45) is 1.68. The SMILES string of the molecule is CN(C)c1cc(N)c([N+](=O)[O-])cc1C(=O)Nc1ccc2cn[nH]c2c1. The van der Waals surface area contributed by atoms with Gasteiger partial charge in [-0.25, -0.2) is 0 Å². The number of nitrogens with two attached hydrogens (primary N) is 1. The molecule has 1 amide bonds. The monoisotopic (exact) mass is 340 g/mol. The van der Waals surface area contributed by atoms with Crippen molar-refractivity contribution >= 4 is 39.6 Å². The minimum atomic E-state index is -0.609. The highest BCUT2D eigenvalue weighted by Gasteiger charge is 2.21. The molecular formula is C16H16N6O3. The van der Waals surface area contributed by atoms with E-state index in [0.29, 0.717) is 11.4 Å². The Labute approximate surface area is 142 Å². The van der Waals surface area contributed by atoms with Crippen molar-refractivity contribution in [3.63, 3.8) is 0 Å². The van der Waals surface area contributed by atoms with Crippen molar-refractivity contribution in [1.82, 2.24) is 10.2 Å². The zero-order valence-electron chi connectivity index (χ0n) is 13.6. The topological polar surface area (TPSA) is 130 Å². The average Bonchev–Trinajstić information content (AvgIpc) is 3.01. The van der Waals surface area contributed by atoms with Crippen LogP contribution >= 0.6 is 0 Å². The van der Waals surface area contributed by atoms with Crippen LogP contribution in [0.2, 0.25) is 0 Å². The Morgan fingerprint density at radius 2 is 2.08 bits per heavy atom. The molecule has 0 saturated heterocycles. The number of benzene rings is 2. The maximum absolute atomic E-state index is 12.7. The van der Waals surface area contributed by atoms with E-state index >= 15 is 0 Å². The zero-order chi connectivity index (χ0) is 18.1. The first-order valence-corrected chi connectivity index (χ1v) is 7.36. The molecule has 0 atom stereocenters. The number of nitrogens with one attached hydrogen (secondary N) is 2. The number of nitrogen functional groups attached to an aromatic ring is 1. The Bertz CT molecular complexity index is 979. The summed E-state index contributed by atoms with van der Waals surface area (Å²) in [6.45, 7) is 0. The fraction of sp³-hybridized carbons (Fsp3) is 0.125. The van der Waals surface area contributed by atoms with Gasteiger partial charge in [-0.1, -0.05) is 0 Å². The fourth-order valence-corrected chi connectivity index (χ4v) is 2.52. The lowest BCUT2D eigenvalue weighted by atomic mass is 10.1. The molecule has 3 rings (SSSR count). The van der Waals surface area contributed by atoms with Gasteiger partial charge in [0.25, 0.3) is 11.6 Å². The minimum absolute atomic E-state index is 0.00382. The van der Waals surface area contributed by atoms with Crippen LogP contribution in [0.4, 0.5) is 22.7 Å². The van der Waals surface area contributed by atoms with Crippen molar-refractivity contribution in [3.8, 4) is 0 Å². The van der Waals surface area contributed by atoms with E-state index in [2.05, 4.69) is 15.5 Å². The quantitative estimate of drug-likeness (QED) is 0.380. The van der Waals surface area contributed by atoms with E-state index in [9.17, 15) is 14.9 Å². The van der Waals surface area contributed by atoms with Crippen molar-refractivity contribution in [2.45, 2.75) is 0 Å². The van der Waals surface area contributed by atoms with Crippen molar-refractivity contribution in [1.29, 1.82) is 0 Å². The smallest absolute Gasteiger partial charge is 0.293 e. The molecule has 4 N–H and O–H groups in total. The van der Waals surface area contributed by atoms with Crippen LogP contribution in [0.3, 0.4) is 0 Å². The predicted octanol–water partition coefficient (Wildman–Crippen LogP) is 2.37. The molecular weight excluding hydrogens is 324 g/mol. The molecule has 0 bridgehead atoms. The number of nitrogens with zero attached hydrogens (tertiary/aromatic N) is 3. The molecule has 9 heteroatoms. The minimum Gasteiger partial charge on any atom is -0.393 e. The van der Waals surface area contributed by atoms with Gasteiger partial charge in [-0.05, 0) is 24.3 Å². The Morgan fingerprint density at radius 1 is 1.32 bits per heavy atom. The van der Waals surface area contributed by atoms with Crippen molar-refractivity contribution in [2.24, 2.45) is 0 Å².